The number of amides is 1. The molecule has 1 aromatic heterocycles. The molecule has 1 aromatic carbocycles. The number of carbonyl (C=O) groups is 1. The van der Waals surface area contributed by atoms with Gasteiger partial charge >= 0.3 is 0 Å². The molecular formula is C29H41ClN6O3S. The van der Waals surface area contributed by atoms with Crippen LogP contribution in [0.4, 0.5) is 5.82 Å². The van der Waals surface area contributed by atoms with Crippen molar-refractivity contribution in [2.24, 2.45) is 0 Å². The predicted octanol–water partition coefficient (Wildman–Crippen LogP) is 3.78. The minimum absolute atomic E-state index is 0.0121. The van der Waals surface area contributed by atoms with E-state index >= 15 is 0 Å². The fourth-order valence-corrected chi connectivity index (χ4v) is 7.58. The molecule has 3 fully saturated rings. The van der Waals surface area contributed by atoms with E-state index in [0.717, 1.165) is 81.1 Å². The van der Waals surface area contributed by atoms with Gasteiger partial charge in [-0.15, -0.1) is 0 Å². The van der Waals surface area contributed by atoms with Crippen LogP contribution in [0, 0.1) is 6.92 Å². The third kappa shape index (κ3) is 6.45. The Bertz CT molecular complexity index is 1300. The number of piperidine rings is 3. The second kappa shape index (κ2) is 12.3. The Labute approximate surface area is 243 Å². The summed E-state index contributed by atoms with van der Waals surface area (Å²) in [6.45, 7) is 6.93. The van der Waals surface area contributed by atoms with Crippen LogP contribution in [-0.4, -0.2) is 103 Å². The number of halogens is 1. The van der Waals surface area contributed by atoms with Gasteiger partial charge in [-0.2, -0.15) is 0 Å². The summed E-state index contributed by atoms with van der Waals surface area (Å²) >= 11 is 6.21. The quantitative estimate of drug-likeness (QED) is 0.507. The summed E-state index contributed by atoms with van der Waals surface area (Å²) in [7, 11) is -1.48. The maximum atomic E-state index is 13.5. The number of likely N-dealkylation sites (tertiary alicyclic amines) is 2. The van der Waals surface area contributed by atoms with E-state index in [9.17, 15) is 13.2 Å². The van der Waals surface area contributed by atoms with Crippen molar-refractivity contribution in [2.45, 2.75) is 63.5 Å². The van der Waals surface area contributed by atoms with E-state index in [0.29, 0.717) is 30.7 Å². The Morgan fingerprint density at radius 2 is 1.65 bits per heavy atom. The third-order valence-corrected chi connectivity index (χ3v) is 10.8. The Kier molecular flexibility index (Phi) is 8.99. The highest BCUT2D eigenvalue weighted by atomic mass is 35.5. The Balaban J connectivity index is 1.15. The van der Waals surface area contributed by atoms with E-state index < -0.39 is 10.0 Å². The summed E-state index contributed by atoms with van der Waals surface area (Å²) in [5.41, 5.74) is 2.65. The van der Waals surface area contributed by atoms with Crippen LogP contribution in [-0.2, 0) is 10.0 Å². The van der Waals surface area contributed by atoms with Crippen molar-refractivity contribution in [3.05, 3.63) is 52.4 Å². The molecule has 2 aromatic rings. The standard InChI is InChI=1S/C29H41ClN6O3S/c1-21-27(31-20-32-28(21)35-13-7-22(8-14-35)23-5-4-6-24(30)19-23)29(37)36-17-11-26(12-18-36)34-15-9-25(10-16-34)33(2)40(3,38)39/h4-6,19-20,22,25-26H,7-18H2,1-3H3. The molecule has 40 heavy (non-hydrogen) atoms. The molecule has 0 N–H and O–H groups in total. The first-order chi connectivity index (χ1) is 19.1. The molecule has 0 atom stereocenters. The van der Waals surface area contributed by atoms with E-state index in [1.807, 2.05) is 24.0 Å². The monoisotopic (exact) mass is 588 g/mol. The summed E-state index contributed by atoms with van der Waals surface area (Å²) < 4.78 is 25.3. The fraction of sp³-hybridized carbons (Fsp3) is 0.621. The molecule has 0 aliphatic carbocycles. The second-order valence-corrected chi connectivity index (χ2v) is 14.0. The fourth-order valence-electron chi connectivity index (χ4n) is 6.63. The van der Waals surface area contributed by atoms with Crippen molar-refractivity contribution in [1.29, 1.82) is 0 Å². The van der Waals surface area contributed by atoms with Gasteiger partial charge in [-0.1, -0.05) is 23.7 Å². The Hall–Kier alpha value is -2.27. The SMILES string of the molecule is Cc1c(C(=O)N2CCC(N3CCC(N(C)S(C)(=O)=O)CC3)CC2)ncnc1N1CCC(c2cccc(Cl)c2)CC1. The number of benzene rings is 1. The van der Waals surface area contributed by atoms with Gasteiger partial charge in [-0.05, 0) is 82.2 Å². The largest absolute Gasteiger partial charge is 0.356 e. The van der Waals surface area contributed by atoms with Crippen LogP contribution >= 0.6 is 11.6 Å². The number of anilines is 1. The lowest BCUT2D eigenvalue weighted by atomic mass is 9.89. The lowest BCUT2D eigenvalue weighted by Gasteiger charge is -2.43. The van der Waals surface area contributed by atoms with E-state index in [1.165, 1.54) is 22.5 Å². The number of hydrogen-bond donors (Lipinski definition) is 0. The first-order valence-electron chi connectivity index (χ1n) is 14.4. The average Bonchev–Trinajstić information content (AvgIpc) is 2.96. The van der Waals surface area contributed by atoms with Gasteiger partial charge in [0.25, 0.3) is 5.91 Å². The lowest BCUT2D eigenvalue weighted by Crippen LogP contribution is -2.52. The maximum Gasteiger partial charge on any atom is 0.272 e. The van der Waals surface area contributed by atoms with Crippen LogP contribution in [0.2, 0.25) is 5.02 Å². The predicted molar refractivity (Wildman–Crippen MR) is 159 cm³/mol. The van der Waals surface area contributed by atoms with E-state index in [4.69, 9.17) is 11.6 Å². The Morgan fingerprint density at radius 3 is 2.27 bits per heavy atom. The third-order valence-electron chi connectivity index (χ3n) is 9.18. The van der Waals surface area contributed by atoms with Gasteiger partial charge < -0.3 is 14.7 Å². The van der Waals surface area contributed by atoms with Gasteiger partial charge in [0.2, 0.25) is 10.0 Å². The number of aromatic nitrogens is 2. The molecule has 218 valence electrons. The molecule has 3 aliphatic rings. The van der Waals surface area contributed by atoms with Crippen LogP contribution in [0.5, 0.6) is 0 Å². The van der Waals surface area contributed by atoms with E-state index in [-0.39, 0.29) is 11.9 Å². The van der Waals surface area contributed by atoms with Gasteiger partial charge in [-0.3, -0.25) is 4.79 Å². The number of hydrogen-bond acceptors (Lipinski definition) is 7. The van der Waals surface area contributed by atoms with Gasteiger partial charge in [0.05, 0.1) is 6.26 Å². The molecule has 5 rings (SSSR count). The number of carbonyl (C=O) groups excluding carboxylic acids is 1. The normalized spacial score (nSPS) is 20.8. The van der Waals surface area contributed by atoms with Crippen LogP contribution in [0.25, 0.3) is 0 Å². The first kappa shape index (κ1) is 29.2. The topological polar surface area (TPSA) is 90.0 Å². The number of rotatable bonds is 6. The highest BCUT2D eigenvalue weighted by Crippen LogP contribution is 2.33. The zero-order valence-corrected chi connectivity index (χ0v) is 25.4. The first-order valence-corrected chi connectivity index (χ1v) is 16.6. The molecule has 0 saturated carbocycles. The Morgan fingerprint density at radius 1 is 0.975 bits per heavy atom. The highest BCUT2D eigenvalue weighted by Gasteiger charge is 2.33. The molecule has 0 unspecified atom stereocenters. The molecule has 11 heteroatoms. The molecular weight excluding hydrogens is 548 g/mol. The van der Waals surface area contributed by atoms with Crippen LogP contribution in [0.3, 0.4) is 0 Å². The molecule has 9 nitrogen and oxygen atoms in total. The average molecular weight is 589 g/mol. The van der Waals surface area contributed by atoms with Gasteiger partial charge in [0.1, 0.15) is 17.8 Å². The molecule has 4 heterocycles. The summed E-state index contributed by atoms with van der Waals surface area (Å²) in [5.74, 6) is 1.33. The minimum Gasteiger partial charge on any atom is -0.356 e. The van der Waals surface area contributed by atoms with E-state index in [1.54, 1.807) is 7.05 Å². The molecule has 1 amide bonds. The van der Waals surface area contributed by atoms with Crippen molar-refractivity contribution < 1.29 is 13.2 Å². The van der Waals surface area contributed by atoms with Crippen molar-refractivity contribution in [3.63, 3.8) is 0 Å². The molecule has 3 saturated heterocycles. The number of sulfonamides is 1. The van der Waals surface area contributed by atoms with Crippen LogP contribution in [0.1, 0.15) is 66.1 Å². The van der Waals surface area contributed by atoms with E-state index in [2.05, 4.69) is 31.9 Å². The minimum atomic E-state index is -3.16. The van der Waals surface area contributed by atoms with Crippen LogP contribution in [0.15, 0.2) is 30.6 Å². The van der Waals surface area contributed by atoms with Crippen molar-refractivity contribution in [1.82, 2.24) is 24.1 Å². The van der Waals surface area contributed by atoms with Crippen molar-refractivity contribution in [2.75, 3.05) is 57.5 Å². The van der Waals surface area contributed by atoms with Crippen molar-refractivity contribution >= 4 is 33.3 Å². The summed E-state index contributed by atoms with van der Waals surface area (Å²) in [6, 6.07) is 8.65. The maximum absolute atomic E-state index is 13.5. The molecule has 0 radical (unpaired) electrons. The zero-order valence-electron chi connectivity index (χ0n) is 23.8. The van der Waals surface area contributed by atoms with Gasteiger partial charge in [-0.25, -0.2) is 22.7 Å². The van der Waals surface area contributed by atoms with Gasteiger partial charge in [0, 0.05) is 55.9 Å². The molecule has 3 aliphatic heterocycles. The highest BCUT2D eigenvalue weighted by molar-refractivity contribution is 7.88. The van der Waals surface area contributed by atoms with Gasteiger partial charge in [0.15, 0.2) is 0 Å². The second-order valence-electron chi connectivity index (χ2n) is 11.6. The molecule has 0 spiro atoms. The molecule has 0 bridgehead atoms. The smallest absolute Gasteiger partial charge is 0.272 e. The van der Waals surface area contributed by atoms with Crippen molar-refractivity contribution in [3.8, 4) is 0 Å². The van der Waals surface area contributed by atoms with Crippen LogP contribution < -0.4 is 4.90 Å². The zero-order chi connectivity index (χ0) is 28.4. The lowest BCUT2D eigenvalue weighted by molar-refractivity contribution is 0.0542. The summed E-state index contributed by atoms with van der Waals surface area (Å²) in [6.07, 6.45) is 8.38. The summed E-state index contributed by atoms with van der Waals surface area (Å²) in [4.78, 5) is 29.3. The number of nitrogens with zero attached hydrogens (tertiary/aromatic N) is 6. The summed E-state index contributed by atoms with van der Waals surface area (Å²) in [5, 5.41) is 0.778.